The summed E-state index contributed by atoms with van der Waals surface area (Å²) in [6, 6.07) is 38.1. The molecule has 1 N–H and O–H groups in total. The van der Waals surface area contributed by atoms with Crippen LogP contribution < -0.4 is 15.9 Å². The maximum absolute atomic E-state index is 11.8. The van der Waals surface area contributed by atoms with Gasteiger partial charge in [-0.05, 0) is 0 Å². The minimum atomic E-state index is -3.23. The number of hydrogen-bond donors (Lipinski definition) is 1. The third-order valence-corrected chi connectivity index (χ3v) is 15.3. The molecule has 0 amide bonds. The van der Waals surface area contributed by atoms with Gasteiger partial charge in [0.25, 0.3) is 0 Å². The van der Waals surface area contributed by atoms with Crippen molar-refractivity contribution >= 4 is 42.7 Å². The summed E-state index contributed by atoms with van der Waals surface area (Å²) in [5.74, 6) is -1.10. The van der Waals surface area contributed by atoms with Gasteiger partial charge < -0.3 is 0 Å². The van der Waals surface area contributed by atoms with Gasteiger partial charge in [-0.1, -0.05) is 0 Å². The summed E-state index contributed by atoms with van der Waals surface area (Å²) >= 11 is 4.37. The molecule has 0 bridgehead atoms. The number of rotatable bonds is 6. The van der Waals surface area contributed by atoms with Crippen LogP contribution in [0.15, 0.2) is 109 Å². The Bertz CT molecular complexity index is 1200. The molecule has 0 fully saturated rings. The van der Waals surface area contributed by atoms with E-state index in [1.807, 2.05) is 66.7 Å². The fourth-order valence-electron chi connectivity index (χ4n) is 4.24. The van der Waals surface area contributed by atoms with Crippen molar-refractivity contribution in [2.75, 3.05) is 0 Å². The first-order valence-electron chi connectivity index (χ1n) is 10.1. The van der Waals surface area contributed by atoms with Crippen molar-refractivity contribution in [2.24, 2.45) is 0 Å². The van der Waals surface area contributed by atoms with Crippen molar-refractivity contribution in [1.29, 1.82) is 5.26 Å². The van der Waals surface area contributed by atoms with Crippen LogP contribution in [0, 0.1) is 11.3 Å². The predicted octanol–water partition coefficient (Wildman–Crippen LogP) is 5.60. The first-order chi connectivity index (χ1) is 15.5. The Balaban J connectivity index is 2.07. The first-order valence-corrected chi connectivity index (χ1v) is 14.6. The normalized spacial score (nSPS) is 12.3. The number of aromatic carboxylic acids is 1. The van der Waals surface area contributed by atoms with E-state index in [1.54, 1.807) is 12.1 Å². The average Bonchev–Trinajstić information content (AvgIpc) is 2.85. The van der Waals surface area contributed by atoms with Crippen molar-refractivity contribution in [1.82, 2.24) is 0 Å². The summed E-state index contributed by atoms with van der Waals surface area (Å²) in [6.07, 6.45) is 0.565. The second-order valence-corrected chi connectivity index (χ2v) is 16.6. The third kappa shape index (κ3) is 3.65. The van der Waals surface area contributed by atoms with E-state index in [2.05, 4.69) is 51.9 Å². The molecule has 0 aliphatic carbocycles. The molecule has 0 aliphatic heterocycles. The standard InChI is InChI=1S/C27H21BrNO2P/c28-32(23-10-4-1-5-11-23,24-12-6-2-7-13-24,25-14-8-3-9-15-25)20-21-16-17-22(19-29)26(18-21)27(30)31/h1-18H,20H2,(H,30,31). The van der Waals surface area contributed by atoms with Crippen molar-refractivity contribution in [3.8, 4) is 6.07 Å². The third-order valence-electron chi connectivity index (χ3n) is 5.80. The Kier molecular flexibility index (Phi) is 5.98. The van der Waals surface area contributed by atoms with E-state index in [0.717, 1.165) is 21.5 Å². The van der Waals surface area contributed by atoms with E-state index >= 15 is 0 Å². The van der Waals surface area contributed by atoms with Gasteiger partial charge in [0.1, 0.15) is 0 Å². The summed E-state index contributed by atoms with van der Waals surface area (Å²) in [5.41, 5.74) is 1.04. The number of carboxylic acid groups (broad SMARTS) is 1. The Hall–Kier alpha value is -3.25. The second-order valence-electron chi connectivity index (χ2n) is 7.64. The molecule has 0 atom stereocenters. The van der Waals surface area contributed by atoms with Gasteiger partial charge in [-0.3, -0.25) is 0 Å². The molecule has 0 saturated heterocycles. The van der Waals surface area contributed by atoms with Crippen molar-refractivity contribution in [2.45, 2.75) is 6.16 Å². The van der Waals surface area contributed by atoms with E-state index in [4.69, 9.17) is 0 Å². The number of nitrogens with zero attached hydrogens (tertiary/aromatic N) is 1. The number of halogens is 1. The summed E-state index contributed by atoms with van der Waals surface area (Å²) in [7, 11) is 0. The second kappa shape index (κ2) is 8.71. The van der Waals surface area contributed by atoms with E-state index in [0.29, 0.717) is 6.16 Å². The molecule has 4 aromatic rings. The van der Waals surface area contributed by atoms with Gasteiger partial charge in [-0.2, -0.15) is 0 Å². The molecule has 0 unspecified atom stereocenters. The topological polar surface area (TPSA) is 61.1 Å². The minimum absolute atomic E-state index is 0.0248. The number of benzene rings is 4. The molecule has 4 rings (SSSR count). The number of nitriles is 1. The van der Waals surface area contributed by atoms with Crippen molar-refractivity contribution in [3.63, 3.8) is 0 Å². The van der Waals surface area contributed by atoms with Crippen LogP contribution in [0.25, 0.3) is 0 Å². The molecule has 0 spiro atoms. The molecular formula is C27H21BrNO2P. The molecule has 0 aromatic heterocycles. The number of hydrogen-bond acceptors (Lipinski definition) is 2. The molecule has 32 heavy (non-hydrogen) atoms. The summed E-state index contributed by atoms with van der Waals surface area (Å²) < 4.78 is 0. The van der Waals surface area contributed by atoms with Crippen LogP contribution in [0.2, 0.25) is 0 Å². The van der Waals surface area contributed by atoms with Gasteiger partial charge in [0, 0.05) is 0 Å². The van der Waals surface area contributed by atoms with E-state index in [1.165, 1.54) is 0 Å². The zero-order chi connectivity index (χ0) is 22.6. The van der Waals surface area contributed by atoms with Gasteiger partial charge in [-0.25, -0.2) is 0 Å². The van der Waals surface area contributed by atoms with Gasteiger partial charge in [0.15, 0.2) is 0 Å². The van der Waals surface area contributed by atoms with Crippen LogP contribution in [0.3, 0.4) is 0 Å². The molecule has 158 valence electrons. The molecule has 5 heteroatoms. The first kappa shape index (κ1) is 22.0. The number of carboxylic acids is 1. The zero-order valence-corrected chi connectivity index (χ0v) is 19.7. The Labute approximate surface area is 195 Å². The molecule has 0 heterocycles. The fraction of sp³-hybridized carbons (Fsp3) is 0.0370. The van der Waals surface area contributed by atoms with Crippen molar-refractivity contribution in [3.05, 3.63) is 126 Å². The van der Waals surface area contributed by atoms with Crippen molar-refractivity contribution < 1.29 is 9.90 Å². The van der Waals surface area contributed by atoms with E-state index in [-0.39, 0.29) is 11.1 Å². The van der Waals surface area contributed by atoms with E-state index < -0.39 is 11.3 Å². The molecule has 0 saturated carbocycles. The Morgan fingerprint density at radius 3 is 1.59 bits per heavy atom. The summed E-state index contributed by atoms with van der Waals surface area (Å²) in [5, 5.41) is 19.3. The Morgan fingerprint density at radius 2 is 1.22 bits per heavy atom. The van der Waals surface area contributed by atoms with Crippen LogP contribution in [-0.4, -0.2) is 11.1 Å². The van der Waals surface area contributed by atoms with Gasteiger partial charge in [0.05, 0.1) is 0 Å². The molecule has 3 nitrogen and oxygen atoms in total. The van der Waals surface area contributed by atoms with Crippen LogP contribution in [-0.2, 0) is 6.16 Å². The fourth-order valence-corrected chi connectivity index (χ4v) is 11.9. The molecular weight excluding hydrogens is 481 g/mol. The summed E-state index contributed by atoms with van der Waals surface area (Å²) in [4.78, 5) is 11.8. The molecule has 0 radical (unpaired) electrons. The van der Waals surface area contributed by atoms with Crippen LogP contribution in [0.1, 0.15) is 21.5 Å². The zero-order valence-electron chi connectivity index (χ0n) is 17.2. The molecule has 0 aliphatic rings. The van der Waals surface area contributed by atoms with Gasteiger partial charge in [0.2, 0.25) is 0 Å². The maximum atomic E-state index is 11.8. The average molecular weight is 502 g/mol. The van der Waals surface area contributed by atoms with Crippen LogP contribution in [0.5, 0.6) is 0 Å². The number of carbonyl (C=O) groups is 1. The molecule has 4 aromatic carbocycles. The van der Waals surface area contributed by atoms with Crippen LogP contribution >= 0.6 is 20.8 Å². The van der Waals surface area contributed by atoms with Crippen LogP contribution in [0.4, 0.5) is 0 Å². The van der Waals surface area contributed by atoms with Gasteiger partial charge >= 0.3 is 196 Å². The van der Waals surface area contributed by atoms with E-state index in [9.17, 15) is 15.2 Å². The van der Waals surface area contributed by atoms with Gasteiger partial charge in [-0.15, -0.1) is 0 Å². The SMILES string of the molecule is N#Cc1ccc(CP(Br)(c2ccccc2)(c2ccccc2)c2ccccc2)cc1C(=O)O. The Morgan fingerprint density at radius 1 is 0.781 bits per heavy atom. The summed E-state index contributed by atoms with van der Waals surface area (Å²) in [6.45, 7) is 0. The quantitative estimate of drug-likeness (QED) is 0.350. The monoisotopic (exact) mass is 501 g/mol. The predicted molar refractivity (Wildman–Crippen MR) is 136 cm³/mol.